The minimum atomic E-state index is -1.37. The van der Waals surface area contributed by atoms with Gasteiger partial charge in [0, 0.05) is 27.7 Å². The van der Waals surface area contributed by atoms with E-state index in [2.05, 4.69) is 4.74 Å². The van der Waals surface area contributed by atoms with Gasteiger partial charge >= 0.3 is 29.8 Å². The summed E-state index contributed by atoms with van der Waals surface area (Å²) in [6.07, 6.45) is -6.50. The van der Waals surface area contributed by atoms with E-state index in [1.54, 1.807) is 0 Å². The molecule has 186 valence electrons. The first-order valence-corrected chi connectivity index (χ1v) is 10.2. The summed E-state index contributed by atoms with van der Waals surface area (Å²) in [5.74, 6) is -3.23. The van der Waals surface area contributed by atoms with Gasteiger partial charge < -0.3 is 33.2 Å². The predicted molar refractivity (Wildman–Crippen MR) is 110 cm³/mol. The number of carbonyl (C=O) groups is 5. The van der Waals surface area contributed by atoms with Gasteiger partial charge in [-0.25, -0.2) is 4.79 Å². The molecular formula is C22H26O12. The van der Waals surface area contributed by atoms with Crippen molar-refractivity contribution in [3.05, 3.63) is 29.8 Å². The van der Waals surface area contributed by atoms with E-state index in [4.69, 9.17) is 28.4 Å². The molecule has 0 amide bonds. The van der Waals surface area contributed by atoms with Crippen LogP contribution in [0.1, 0.15) is 38.1 Å². The van der Waals surface area contributed by atoms with Crippen molar-refractivity contribution in [3.63, 3.8) is 0 Å². The van der Waals surface area contributed by atoms with Crippen molar-refractivity contribution < 1.29 is 57.1 Å². The Bertz CT molecular complexity index is 909. The average molecular weight is 482 g/mol. The minimum Gasteiger partial charge on any atom is -0.465 e. The molecule has 1 aliphatic heterocycles. The van der Waals surface area contributed by atoms with Crippen LogP contribution < -0.4 is 4.74 Å². The lowest BCUT2D eigenvalue weighted by Crippen LogP contribution is -2.63. The first-order valence-electron chi connectivity index (χ1n) is 10.2. The highest BCUT2D eigenvalue weighted by atomic mass is 16.7. The number of esters is 5. The second-order valence-corrected chi connectivity index (χ2v) is 7.20. The quantitative estimate of drug-likeness (QED) is 0.383. The molecule has 0 saturated carbocycles. The van der Waals surface area contributed by atoms with E-state index in [1.165, 1.54) is 38.3 Å². The maximum Gasteiger partial charge on any atom is 0.337 e. The molecule has 0 unspecified atom stereocenters. The summed E-state index contributed by atoms with van der Waals surface area (Å²) < 4.78 is 37.2. The fraction of sp³-hybridized carbons (Fsp3) is 0.500. The van der Waals surface area contributed by atoms with Gasteiger partial charge in [0.2, 0.25) is 12.4 Å². The fourth-order valence-corrected chi connectivity index (χ4v) is 3.21. The van der Waals surface area contributed by atoms with Crippen molar-refractivity contribution in [1.82, 2.24) is 0 Å². The number of benzene rings is 1. The molecule has 0 spiro atoms. The highest BCUT2D eigenvalue weighted by molar-refractivity contribution is 5.89. The molecule has 1 saturated heterocycles. The third-order valence-corrected chi connectivity index (χ3v) is 4.48. The molecule has 0 bridgehead atoms. The van der Waals surface area contributed by atoms with Crippen molar-refractivity contribution in [1.29, 1.82) is 0 Å². The first-order chi connectivity index (χ1) is 16.0. The van der Waals surface area contributed by atoms with Crippen molar-refractivity contribution in [2.75, 3.05) is 13.7 Å². The van der Waals surface area contributed by atoms with Gasteiger partial charge in [-0.3, -0.25) is 19.2 Å². The third-order valence-electron chi connectivity index (χ3n) is 4.48. The van der Waals surface area contributed by atoms with Gasteiger partial charge in [0.15, 0.2) is 12.2 Å². The van der Waals surface area contributed by atoms with Crippen LogP contribution in [0.5, 0.6) is 5.75 Å². The zero-order valence-electron chi connectivity index (χ0n) is 19.3. The number of rotatable bonds is 8. The Kier molecular flexibility index (Phi) is 9.36. The van der Waals surface area contributed by atoms with Crippen LogP contribution in [0.25, 0.3) is 0 Å². The summed E-state index contributed by atoms with van der Waals surface area (Å²) in [4.78, 5) is 58.4. The summed E-state index contributed by atoms with van der Waals surface area (Å²) in [7, 11) is 1.24. The van der Waals surface area contributed by atoms with Crippen LogP contribution in [0.2, 0.25) is 0 Å². The monoisotopic (exact) mass is 482 g/mol. The van der Waals surface area contributed by atoms with Crippen LogP contribution in [0, 0.1) is 0 Å². The second kappa shape index (κ2) is 12.0. The van der Waals surface area contributed by atoms with E-state index in [1.807, 2.05) is 0 Å². The van der Waals surface area contributed by atoms with Gasteiger partial charge in [0.05, 0.1) is 12.7 Å². The number of hydrogen-bond acceptors (Lipinski definition) is 12. The van der Waals surface area contributed by atoms with Crippen LogP contribution >= 0.6 is 0 Å². The number of ether oxygens (including phenoxy) is 7. The normalized spacial score (nSPS) is 23.7. The van der Waals surface area contributed by atoms with Gasteiger partial charge in [-0.1, -0.05) is 0 Å². The molecule has 0 radical (unpaired) electrons. The molecular weight excluding hydrogens is 456 g/mol. The van der Waals surface area contributed by atoms with Crippen molar-refractivity contribution in [2.45, 2.75) is 58.4 Å². The van der Waals surface area contributed by atoms with Gasteiger partial charge in [-0.15, -0.1) is 0 Å². The topological polar surface area (TPSA) is 150 Å². The number of hydrogen-bond donors (Lipinski definition) is 0. The van der Waals surface area contributed by atoms with Crippen molar-refractivity contribution >= 4 is 29.8 Å². The summed E-state index contributed by atoms with van der Waals surface area (Å²) in [6, 6.07) is 5.76. The lowest BCUT2D eigenvalue weighted by Gasteiger charge is -2.43. The number of carbonyl (C=O) groups excluding carboxylic acids is 5. The smallest absolute Gasteiger partial charge is 0.337 e. The molecule has 5 atom stereocenters. The van der Waals surface area contributed by atoms with Crippen LogP contribution in [-0.4, -0.2) is 74.3 Å². The Morgan fingerprint density at radius 2 is 1.29 bits per heavy atom. The third kappa shape index (κ3) is 7.44. The zero-order chi connectivity index (χ0) is 25.4. The van der Waals surface area contributed by atoms with Gasteiger partial charge in [-0.2, -0.15) is 0 Å². The van der Waals surface area contributed by atoms with E-state index in [-0.39, 0.29) is 17.9 Å². The molecule has 1 aliphatic rings. The largest absolute Gasteiger partial charge is 0.465 e. The molecule has 1 aromatic carbocycles. The molecule has 0 N–H and O–H groups in total. The maximum absolute atomic E-state index is 11.8. The standard InChI is InChI=1S/C22H26O12/c1-11(23)29-10-17-18(30-12(2)24)19(31-13(3)25)20(32-14(4)26)22(34-17)33-16-8-6-15(7-9-16)21(27)28-5/h6-9,17-20,22H,10H2,1-5H3/t17-,18-,19+,20-,22-/m1/s1. The molecule has 1 heterocycles. The molecule has 1 fully saturated rings. The van der Waals surface area contributed by atoms with E-state index in [0.717, 1.165) is 20.8 Å². The summed E-state index contributed by atoms with van der Waals surface area (Å²) in [5.41, 5.74) is 0.261. The Morgan fingerprint density at radius 3 is 1.79 bits per heavy atom. The maximum atomic E-state index is 11.8. The van der Waals surface area contributed by atoms with Crippen LogP contribution in [-0.2, 0) is 47.6 Å². The van der Waals surface area contributed by atoms with Crippen LogP contribution in [0.15, 0.2) is 24.3 Å². The Morgan fingerprint density at radius 1 is 0.765 bits per heavy atom. The highest BCUT2D eigenvalue weighted by Crippen LogP contribution is 2.31. The molecule has 0 aromatic heterocycles. The lowest BCUT2D eigenvalue weighted by molar-refractivity contribution is -0.288. The zero-order valence-corrected chi connectivity index (χ0v) is 19.3. The second-order valence-electron chi connectivity index (χ2n) is 7.20. The predicted octanol–water partition coefficient (Wildman–Crippen LogP) is 0.935. The molecule has 12 nitrogen and oxygen atoms in total. The fourth-order valence-electron chi connectivity index (χ4n) is 3.21. The summed E-state index contributed by atoms with van der Waals surface area (Å²) in [5, 5.41) is 0. The van der Waals surface area contributed by atoms with Crippen molar-refractivity contribution in [3.8, 4) is 5.75 Å². The average Bonchev–Trinajstić information content (AvgIpc) is 2.75. The van der Waals surface area contributed by atoms with E-state index >= 15 is 0 Å². The van der Waals surface area contributed by atoms with Crippen LogP contribution in [0.4, 0.5) is 0 Å². The first kappa shape index (κ1) is 26.6. The molecule has 2 rings (SSSR count). The molecule has 34 heavy (non-hydrogen) atoms. The minimum absolute atomic E-state index is 0.202. The SMILES string of the molecule is COC(=O)c1ccc(O[C@@H]2O[C@H](COC(C)=O)[C@@H](OC(C)=O)[C@H](OC(C)=O)[C@H]2OC(C)=O)cc1. The molecule has 12 heteroatoms. The molecule has 0 aliphatic carbocycles. The van der Waals surface area contributed by atoms with Gasteiger partial charge in [0.25, 0.3) is 0 Å². The van der Waals surface area contributed by atoms with E-state index < -0.39 is 60.6 Å². The van der Waals surface area contributed by atoms with E-state index in [0.29, 0.717) is 0 Å². The lowest BCUT2D eigenvalue weighted by atomic mass is 9.98. The summed E-state index contributed by atoms with van der Waals surface area (Å²) >= 11 is 0. The van der Waals surface area contributed by atoms with Crippen LogP contribution in [0.3, 0.4) is 0 Å². The van der Waals surface area contributed by atoms with E-state index in [9.17, 15) is 24.0 Å². The van der Waals surface area contributed by atoms with Gasteiger partial charge in [0.1, 0.15) is 18.5 Å². The summed E-state index contributed by atoms with van der Waals surface area (Å²) in [6.45, 7) is 4.16. The highest BCUT2D eigenvalue weighted by Gasteiger charge is 2.53. The Labute approximate surface area is 195 Å². The van der Waals surface area contributed by atoms with Gasteiger partial charge in [-0.05, 0) is 24.3 Å². The van der Waals surface area contributed by atoms with Crippen molar-refractivity contribution in [2.24, 2.45) is 0 Å². The Balaban J connectivity index is 2.42. The Hall–Kier alpha value is -3.67. The molecule has 1 aromatic rings. The number of methoxy groups -OCH3 is 1.